The van der Waals surface area contributed by atoms with Gasteiger partial charge < -0.3 is 15.5 Å². The van der Waals surface area contributed by atoms with Crippen LogP contribution in [0.4, 0.5) is 17.5 Å². The number of carbonyl (C=O) groups excluding carboxylic acids is 2. The third-order valence-corrected chi connectivity index (χ3v) is 6.53. The van der Waals surface area contributed by atoms with Gasteiger partial charge in [0, 0.05) is 30.2 Å². The van der Waals surface area contributed by atoms with Gasteiger partial charge in [0.15, 0.2) is 0 Å². The van der Waals surface area contributed by atoms with Gasteiger partial charge in [0.05, 0.1) is 11.5 Å². The van der Waals surface area contributed by atoms with Crippen LogP contribution in [0, 0.1) is 6.92 Å². The number of H-pyrrole nitrogens is 1. The van der Waals surface area contributed by atoms with Gasteiger partial charge >= 0.3 is 0 Å². The Morgan fingerprint density at radius 1 is 1.18 bits per heavy atom. The minimum atomic E-state index is -0.957. The molecule has 0 aliphatic carbocycles. The second-order valence-corrected chi connectivity index (χ2v) is 8.76. The second kappa shape index (κ2) is 8.37. The SMILES string of the molecule is Cc1ccc(NC(=O)[C@H]2CC(=O)Nc3nc(N4CCc5ccccc5C4)[nH]c(=O)c32)cc1Cl. The van der Waals surface area contributed by atoms with Gasteiger partial charge in [-0.1, -0.05) is 41.9 Å². The standard InChI is InChI=1S/C24H22ClN5O3/c1-13-6-7-16(10-18(13)25)26-22(32)17-11-19(31)27-21-20(17)23(33)29-24(28-21)30-9-8-14-4-2-3-5-15(14)12-30/h2-7,10,17H,8-9,11-12H2,1H3,(H,26,32)(H2,27,28,29,31,33)/t17-/m0/s1. The van der Waals surface area contributed by atoms with E-state index in [0.717, 1.165) is 12.0 Å². The van der Waals surface area contributed by atoms with Gasteiger partial charge in [-0.25, -0.2) is 0 Å². The predicted molar refractivity (Wildman–Crippen MR) is 127 cm³/mol. The van der Waals surface area contributed by atoms with Crippen molar-refractivity contribution in [2.75, 3.05) is 22.1 Å². The van der Waals surface area contributed by atoms with Crippen molar-refractivity contribution in [3.63, 3.8) is 0 Å². The highest BCUT2D eigenvalue weighted by Crippen LogP contribution is 2.31. The van der Waals surface area contributed by atoms with Gasteiger partial charge in [-0.3, -0.25) is 19.4 Å². The smallest absolute Gasteiger partial charge is 0.258 e. The molecule has 1 aromatic heterocycles. The van der Waals surface area contributed by atoms with E-state index in [2.05, 4.69) is 32.7 Å². The Labute approximate surface area is 195 Å². The van der Waals surface area contributed by atoms with Gasteiger partial charge in [-0.05, 0) is 42.2 Å². The molecular weight excluding hydrogens is 442 g/mol. The Balaban J connectivity index is 1.44. The number of aromatic amines is 1. The summed E-state index contributed by atoms with van der Waals surface area (Å²) in [7, 11) is 0. The number of anilines is 3. The number of nitrogens with one attached hydrogen (secondary N) is 3. The summed E-state index contributed by atoms with van der Waals surface area (Å²) in [5, 5.41) is 5.95. The fraction of sp³-hybridized carbons (Fsp3) is 0.250. The first kappa shape index (κ1) is 21.2. The van der Waals surface area contributed by atoms with Crippen LogP contribution in [0.1, 0.15) is 34.6 Å². The van der Waals surface area contributed by atoms with E-state index in [4.69, 9.17) is 11.6 Å². The van der Waals surface area contributed by atoms with Crippen molar-refractivity contribution in [2.24, 2.45) is 0 Å². The van der Waals surface area contributed by atoms with Crippen LogP contribution in [-0.4, -0.2) is 28.3 Å². The quantitative estimate of drug-likeness (QED) is 0.552. The van der Waals surface area contributed by atoms with E-state index in [0.29, 0.717) is 29.7 Å². The zero-order valence-corrected chi connectivity index (χ0v) is 18.7. The number of halogens is 1. The van der Waals surface area contributed by atoms with Crippen LogP contribution in [0.15, 0.2) is 47.3 Å². The van der Waals surface area contributed by atoms with Crippen molar-refractivity contribution >= 4 is 40.9 Å². The topological polar surface area (TPSA) is 107 Å². The van der Waals surface area contributed by atoms with E-state index in [-0.39, 0.29) is 23.7 Å². The molecule has 0 fully saturated rings. The van der Waals surface area contributed by atoms with Gasteiger partial charge in [-0.2, -0.15) is 4.98 Å². The van der Waals surface area contributed by atoms with Crippen LogP contribution in [-0.2, 0) is 22.6 Å². The Morgan fingerprint density at radius 3 is 2.76 bits per heavy atom. The average molecular weight is 464 g/mol. The number of nitrogens with zero attached hydrogens (tertiary/aromatic N) is 2. The van der Waals surface area contributed by atoms with Gasteiger partial charge in [0.1, 0.15) is 5.82 Å². The minimum Gasteiger partial charge on any atom is -0.338 e. The highest BCUT2D eigenvalue weighted by atomic mass is 35.5. The highest BCUT2D eigenvalue weighted by molar-refractivity contribution is 6.31. The summed E-state index contributed by atoms with van der Waals surface area (Å²) in [5.41, 5.74) is 3.54. The van der Waals surface area contributed by atoms with Crippen LogP contribution in [0.2, 0.25) is 5.02 Å². The summed E-state index contributed by atoms with van der Waals surface area (Å²) >= 11 is 6.15. The maximum atomic E-state index is 13.1. The summed E-state index contributed by atoms with van der Waals surface area (Å²) in [5.74, 6) is -1.28. The molecule has 0 saturated heterocycles. The molecule has 2 aliphatic heterocycles. The van der Waals surface area contributed by atoms with Crippen molar-refractivity contribution in [3.8, 4) is 0 Å². The molecule has 1 atom stereocenters. The van der Waals surface area contributed by atoms with Crippen LogP contribution >= 0.6 is 11.6 Å². The lowest BCUT2D eigenvalue weighted by Crippen LogP contribution is -2.38. The molecule has 2 aromatic carbocycles. The summed E-state index contributed by atoms with van der Waals surface area (Å²) in [6, 6.07) is 13.3. The number of aryl methyl sites for hydroxylation is 1. The fourth-order valence-corrected chi connectivity index (χ4v) is 4.49. The van der Waals surface area contributed by atoms with Crippen LogP contribution in [0.3, 0.4) is 0 Å². The van der Waals surface area contributed by atoms with Gasteiger partial charge in [0.25, 0.3) is 5.56 Å². The molecule has 0 unspecified atom stereocenters. The lowest BCUT2D eigenvalue weighted by Gasteiger charge is -2.30. The first-order valence-corrected chi connectivity index (χ1v) is 11.1. The maximum absolute atomic E-state index is 13.1. The van der Waals surface area contributed by atoms with Gasteiger partial charge in [-0.15, -0.1) is 0 Å². The lowest BCUT2D eigenvalue weighted by molar-refractivity contribution is -0.123. The van der Waals surface area contributed by atoms with Crippen molar-refractivity contribution < 1.29 is 9.59 Å². The molecule has 3 heterocycles. The molecule has 8 nitrogen and oxygen atoms in total. The summed E-state index contributed by atoms with van der Waals surface area (Å²) in [4.78, 5) is 47.8. The Bertz CT molecular complexity index is 1340. The average Bonchev–Trinajstić information content (AvgIpc) is 2.80. The number of benzene rings is 2. The zero-order chi connectivity index (χ0) is 23.1. The molecule has 0 radical (unpaired) electrons. The summed E-state index contributed by atoms with van der Waals surface area (Å²) < 4.78 is 0. The van der Waals surface area contributed by atoms with E-state index in [1.807, 2.05) is 24.0 Å². The summed E-state index contributed by atoms with van der Waals surface area (Å²) in [6.45, 7) is 3.15. The fourth-order valence-electron chi connectivity index (χ4n) is 4.31. The third kappa shape index (κ3) is 4.09. The Kier molecular flexibility index (Phi) is 5.38. The van der Waals surface area contributed by atoms with Crippen LogP contribution < -0.4 is 21.1 Å². The number of amides is 2. The summed E-state index contributed by atoms with van der Waals surface area (Å²) in [6.07, 6.45) is 0.688. The zero-order valence-electron chi connectivity index (χ0n) is 17.9. The van der Waals surface area contributed by atoms with E-state index in [9.17, 15) is 14.4 Å². The van der Waals surface area contributed by atoms with Crippen LogP contribution in [0.5, 0.6) is 0 Å². The highest BCUT2D eigenvalue weighted by Gasteiger charge is 2.35. The minimum absolute atomic E-state index is 0.131. The maximum Gasteiger partial charge on any atom is 0.258 e. The second-order valence-electron chi connectivity index (χ2n) is 8.35. The largest absolute Gasteiger partial charge is 0.338 e. The Hall–Kier alpha value is -3.65. The molecule has 5 rings (SSSR count). The van der Waals surface area contributed by atoms with E-state index < -0.39 is 17.4 Å². The predicted octanol–water partition coefficient (Wildman–Crippen LogP) is 3.36. The molecule has 9 heteroatoms. The molecule has 0 bridgehead atoms. The van der Waals surface area contributed by atoms with Crippen molar-refractivity contribution in [1.82, 2.24) is 9.97 Å². The molecule has 2 amide bonds. The number of rotatable bonds is 3. The molecule has 3 aromatic rings. The third-order valence-electron chi connectivity index (χ3n) is 6.12. The van der Waals surface area contributed by atoms with E-state index >= 15 is 0 Å². The molecule has 2 aliphatic rings. The molecule has 3 N–H and O–H groups in total. The van der Waals surface area contributed by atoms with E-state index in [1.54, 1.807) is 18.2 Å². The molecular formula is C24H22ClN5O3. The molecule has 33 heavy (non-hydrogen) atoms. The molecule has 168 valence electrons. The van der Waals surface area contributed by atoms with Crippen molar-refractivity contribution in [2.45, 2.75) is 32.2 Å². The number of hydrogen-bond acceptors (Lipinski definition) is 5. The number of fused-ring (bicyclic) bond motifs is 2. The van der Waals surface area contributed by atoms with E-state index in [1.165, 1.54) is 11.1 Å². The number of aromatic nitrogens is 2. The first-order valence-electron chi connectivity index (χ1n) is 10.7. The Morgan fingerprint density at radius 2 is 1.97 bits per heavy atom. The number of hydrogen-bond donors (Lipinski definition) is 3. The van der Waals surface area contributed by atoms with Crippen molar-refractivity contribution in [1.29, 1.82) is 0 Å². The monoisotopic (exact) mass is 463 g/mol. The van der Waals surface area contributed by atoms with Crippen molar-refractivity contribution in [3.05, 3.63) is 80.1 Å². The van der Waals surface area contributed by atoms with Crippen LogP contribution in [0.25, 0.3) is 0 Å². The normalized spacial score (nSPS) is 17.1. The first-order chi connectivity index (χ1) is 15.9. The lowest BCUT2D eigenvalue weighted by atomic mass is 9.92. The molecule has 0 saturated carbocycles. The van der Waals surface area contributed by atoms with Gasteiger partial charge in [0.2, 0.25) is 17.8 Å². The molecule has 0 spiro atoms. The number of carbonyl (C=O) groups is 2.